The second-order valence-electron chi connectivity index (χ2n) is 6.49. The molecule has 0 unspecified atom stereocenters. The van der Waals surface area contributed by atoms with Crippen LogP contribution in [0.2, 0.25) is 0 Å². The molecule has 1 amide bonds. The summed E-state index contributed by atoms with van der Waals surface area (Å²) in [5, 5.41) is 13.1. The number of hydrogen-bond donors (Lipinski definition) is 1. The highest BCUT2D eigenvalue weighted by Crippen LogP contribution is 2.28. The first-order valence-electron chi connectivity index (χ1n) is 9.42. The highest BCUT2D eigenvalue weighted by atomic mass is 79.9. The standard InChI is InChI=1S/C22H16BrFN6OS/c23-17-3-7-19(8-4-17)30-21(16-9-11-25-12-10-16)28-29-22(30)32-14-20(31)27-26-13-15-1-5-18(24)6-2-15/h1-13H,14H2,(H,27,31)/b26-13-. The summed E-state index contributed by atoms with van der Waals surface area (Å²) in [6.07, 6.45) is 4.83. The summed E-state index contributed by atoms with van der Waals surface area (Å²) in [7, 11) is 0. The number of nitrogens with one attached hydrogen (secondary N) is 1. The quantitative estimate of drug-likeness (QED) is 0.225. The van der Waals surface area contributed by atoms with Crippen LogP contribution in [0.15, 0.2) is 87.8 Å². The van der Waals surface area contributed by atoms with Crippen LogP contribution in [0.3, 0.4) is 0 Å². The normalized spacial score (nSPS) is 11.1. The van der Waals surface area contributed by atoms with Gasteiger partial charge in [-0.2, -0.15) is 5.10 Å². The van der Waals surface area contributed by atoms with Crippen molar-refractivity contribution >= 4 is 39.8 Å². The van der Waals surface area contributed by atoms with Gasteiger partial charge in [0, 0.05) is 28.1 Å². The van der Waals surface area contributed by atoms with E-state index in [-0.39, 0.29) is 17.5 Å². The van der Waals surface area contributed by atoms with E-state index >= 15 is 0 Å². The molecule has 0 aliphatic rings. The van der Waals surface area contributed by atoms with Gasteiger partial charge < -0.3 is 0 Å². The molecule has 160 valence electrons. The molecule has 0 aliphatic carbocycles. The molecule has 0 atom stereocenters. The van der Waals surface area contributed by atoms with Gasteiger partial charge in [0.2, 0.25) is 0 Å². The second kappa shape index (κ2) is 10.3. The lowest BCUT2D eigenvalue weighted by atomic mass is 10.2. The van der Waals surface area contributed by atoms with Gasteiger partial charge >= 0.3 is 0 Å². The number of benzene rings is 2. The molecule has 1 N–H and O–H groups in total. The zero-order valence-electron chi connectivity index (χ0n) is 16.5. The van der Waals surface area contributed by atoms with Crippen LogP contribution in [-0.2, 0) is 4.79 Å². The Morgan fingerprint density at radius 2 is 1.78 bits per heavy atom. The summed E-state index contributed by atoms with van der Waals surface area (Å²) in [6, 6.07) is 17.2. The fourth-order valence-electron chi connectivity index (χ4n) is 2.76. The Kier molecular flexibility index (Phi) is 7.03. The maximum atomic E-state index is 12.9. The van der Waals surface area contributed by atoms with Crippen LogP contribution in [0, 0.1) is 5.82 Å². The van der Waals surface area contributed by atoms with E-state index in [0.717, 1.165) is 15.7 Å². The topological polar surface area (TPSA) is 85.1 Å². The second-order valence-corrected chi connectivity index (χ2v) is 8.35. The molecule has 0 fully saturated rings. The molecule has 0 bridgehead atoms. The number of halogens is 2. The number of thioether (sulfide) groups is 1. The highest BCUT2D eigenvalue weighted by Gasteiger charge is 2.17. The first-order valence-corrected chi connectivity index (χ1v) is 11.2. The van der Waals surface area contributed by atoms with Crippen molar-refractivity contribution < 1.29 is 9.18 Å². The maximum Gasteiger partial charge on any atom is 0.250 e. The van der Waals surface area contributed by atoms with E-state index in [4.69, 9.17) is 0 Å². The number of nitrogens with zero attached hydrogens (tertiary/aromatic N) is 5. The van der Waals surface area contributed by atoms with Gasteiger partial charge in [-0.25, -0.2) is 9.82 Å². The average molecular weight is 511 g/mol. The molecule has 4 aromatic rings. The van der Waals surface area contributed by atoms with E-state index in [1.54, 1.807) is 24.5 Å². The zero-order valence-corrected chi connectivity index (χ0v) is 18.9. The van der Waals surface area contributed by atoms with E-state index < -0.39 is 0 Å². The number of aromatic nitrogens is 4. The minimum absolute atomic E-state index is 0.0891. The van der Waals surface area contributed by atoms with Crippen molar-refractivity contribution in [3.63, 3.8) is 0 Å². The Morgan fingerprint density at radius 1 is 1.06 bits per heavy atom. The van der Waals surface area contributed by atoms with Crippen molar-refractivity contribution in [1.29, 1.82) is 0 Å². The summed E-state index contributed by atoms with van der Waals surface area (Å²) in [4.78, 5) is 16.3. The Labute approximate surface area is 195 Å². The first-order chi connectivity index (χ1) is 15.6. The Balaban J connectivity index is 1.49. The molecule has 0 saturated heterocycles. The predicted molar refractivity (Wildman–Crippen MR) is 125 cm³/mol. The largest absolute Gasteiger partial charge is 0.272 e. The SMILES string of the molecule is O=C(CSc1nnc(-c2ccncc2)n1-c1ccc(Br)cc1)N/N=C\c1ccc(F)cc1. The fraction of sp³-hybridized carbons (Fsp3) is 0.0455. The van der Waals surface area contributed by atoms with Crippen molar-refractivity contribution in [2.75, 3.05) is 5.75 Å². The van der Waals surface area contributed by atoms with Gasteiger partial charge in [0.15, 0.2) is 11.0 Å². The number of rotatable bonds is 7. The Morgan fingerprint density at radius 3 is 2.50 bits per heavy atom. The van der Waals surface area contributed by atoms with Crippen molar-refractivity contribution in [3.05, 3.63) is 88.9 Å². The molecule has 0 saturated carbocycles. The molecule has 2 heterocycles. The number of carbonyl (C=O) groups excluding carboxylic acids is 1. The number of hydrogen-bond acceptors (Lipinski definition) is 6. The third-order valence-corrected chi connectivity index (χ3v) is 5.72. The first kappa shape index (κ1) is 21.8. The summed E-state index contributed by atoms with van der Waals surface area (Å²) in [5.74, 6) is 0.103. The van der Waals surface area contributed by atoms with E-state index in [1.807, 2.05) is 41.0 Å². The molecule has 32 heavy (non-hydrogen) atoms. The lowest BCUT2D eigenvalue weighted by Gasteiger charge is -2.10. The molecule has 10 heteroatoms. The van der Waals surface area contributed by atoms with E-state index in [2.05, 4.69) is 41.6 Å². The van der Waals surface area contributed by atoms with E-state index in [9.17, 15) is 9.18 Å². The summed E-state index contributed by atoms with van der Waals surface area (Å²) >= 11 is 4.69. The average Bonchev–Trinajstić information content (AvgIpc) is 3.24. The predicted octanol–water partition coefficient (Wildman–Crippen LogP) is 4.47. The van der Waals surface area contributed by atoms with E-state index in [0.29, 0.717) is 16.5 Å². The zero-order chi connectivity index (χ0) is 22.3. The van der Waals surface area contributed by atoms with Crippen LogP contribution in [0.4, 0.5) is 4.39 Å². The van der Waals surface area contributed by atoms with E-state index in [1.165, 1.54) is 30.1 Å². The van der Waals surface area contributed by atoms with Crippen molar-refractivity contribution in [2.45, 2.75) is 5.16 Å². The molecule has 7 nitrogen and oxygen atoms in total. The minimum atomic E-state index is -0.330. The van der Waals surface area contributed by atoms with Crippen LogP contribution in [0.25, 0.3) is 17.1 Å². The van der Waals surface area contributed by atoms with Gasteiger partial charge in [-0.1, -0.05) is 39.8 Å². The number of amides is 1. The summed E-state index contributed by atoms with van der Waals surface area (Å²) in [5.41, 5.74) is 4.86. The third kappa shape index (κ3) is 5.45. The summed E-state index contributed by atoms with van der Waals surface area (Å²) in [6.45, 7) is 0. The van der Waals surface area contributed by atoms with Crippen LogP contribution in [0.1, 0.15) is 5.56 Å². The molecular formula is C22H16BrFN6OS. The molecule has 2 aromatic carbocycles. The van der Waals surface area contributed by atoms with Crippen LogP contribution >= 0.6 is 27.7 Å². The van der Waals surface area contributed by atoms with Gasteiger partial charge in [0.1, 0.15) is 5.82 Å². The minimum Gasteiger partial charge on any atom is -0.272 e. The third-order valence-electron chi connectivity index (χ3n) is 4.26. The van der Waals surface area contributed by atoms with Gasteiger partial charge in [0.25, 0.3) is 5.91 Å². The van der Waals surface area contributed by atoms with Crippen LogP contribution in [-0.4, -0.2) is 37.6 Å². The monoisotopic (exact) mass is 510 g/mol. The number of hydrazone groups is 1. The smallest absolute Gasteiger partial charge is 0.250 e. The molecule has 0 radical (unpaired) electrons. The fourth-order valence-corrected chi connectivity index (χ4v) is 3.77. The lowest BCUT2D eigenvalue weighted by molar-refractivity contribution is -0.118. The van der Waals surface area contributed by atoms with Gasteiger partial charge in [-0.15, -0.1) is 10.2 Å². The van der Waals surface area contributed by atoms with Gasteiger partial charge in [-0.05, 0) is 54.1 Å². The Bertz CT molecular complexity index is 1230. The summed E-state index contributed by atoms with van der Waals surface area (Å²) < 4.78 is 15.8. The number of carbonyl (C=O) groups is 1. The highest BCUT2D eigenvalue weighted by molar-refractivity contribution is 9.10. The van der Waals surface area contributed by atoms with Crippen molar-refractivity contribution in [3.8, 4) is 17.1 Å². The Hall–Kier alpha value is -3.37. The van der Waals surface area contributed by atoms with Gasteiger partial charge in [-0.3, -0.25) is 14.3 Å². The molecular weight excluding hydrogens is 495 g/mol. The molecule has 4 rings (SSSR count). The van der Waals surface area contributed by atoms with Crippen LogP contribution in [0.5, 0.6) is 0 Å². The maximum absolute atomic E-state index is 12.9. The molecule has 2 aromatic heterocycles. The van der Waals surface area contributed by atoms with Crippen molar-refractivity contribution in [1.82, 2.24) is 25.2 Å². The molecule has 0 spiro atoms. The van der Waals surface area contributed by atoms with Gasteiger partial charge in [0.05, 0.1) is 12.0 Å². The lowest BCUT2D eigenvalue weighted by Crippen LogP contribution is -2.20. The molecule has 0 aliphatic heterocycles. The van der Waals surface area contributed by atoms with Crippen LogP contribution < -0.4 is 5.43 Å². The number of pyridine rings is 1. The van der Waals surface area contributed by atoms with Crippen molar-refractivity contribution in [2.24, 2.45) is 5.10 Å².